The molecule has 1 N–H and O–H groups in total. The number of hydrogen-bond acceptors (Lipinski definition) is 4. The highest BCUT2D eigenvalue weighted by Crippen LogP contribution is 2.21. The summed E-state index contributed by atoms with van der Waals surface area (Å²) in [5.74, 6) is 0.389. The lowest BCUT2D eigenvalue weighted by Crippen LogP contribution is -2.31. The van der Waals surface area contributed by atoms with Crippen molar-refractivity contribution in [3.63, 3.8) is 0 Å². The summed E-state index contributed by atoms with van der Waals surface area (Å²) in [5.41, 5.74) is 1.69. The quantitative estimate of drug-likeness (QED) is 0.681. The van der Waals surface area contributed by atoms with E-state index in [1.54, 1.807) is 14.2 Å². The Kier molecular flexibility index (Phi) is 9.04. The van der Waals surface area contributed by atoms with Crippen LogP contribution < -0.4 is 10.2 Å². The summed E-state index contributed by atoms with van der Waals surface area (Å²) in [4.78, 5) is 1.97. The molecule has 0 aliphatic carbocycles. The summed E-state index contributed by atoms with van der Waals surface area (Å²) in [7, 11) is 3.30. The molecule has 1 aromatic carbocycles. The maximum atomic E-state index is 14.2. The van der Waals surface area contributed by atoms with Gasteiger partial charge in [0.15, 0.2) is 0 Å². The first-order valence-electron chi connectivity index (χ1n) is 7.80. The van der Waals surface area contributed by atoms with Crippen LogP contribution in [0, 0.1) is 11.7 Å². The van der Waals surface area contributed by atoms with Crippen LogP contribution in [0.1, 0.15) is 19.4 Å². The zero-order valence-electron chi connectivity index (χ0n) is 14.2. The lowest BCUT2D eigenvalue weighted by molar-refractivity contribution is 0.190. The standard InChI is InChI=1S/C17H29FN2O2/c1-14(2)12-19-13-15-5-6-16(18)17(11-15)20(7-9-21-3)8-10-22-4/h5-6,11,14,19H,7-10,12-13H2,1-4H3. The fraction of sp³-hybridized carbons (Fsp3) is 0.647. The zero-order valence-corrected chi connectivity index (χ0v) is 14.2. The van der Waals surface area contributed by atoms with Crippen molar-refractivity contribution in [3.05, 3.63) is 29.6 Å². The zero-order chi connectivity index (χ0) is 16.4. The first-order chi connectivity index (χ1) is 10.6. The van der Waals surface area contributed by atoms with Crippen molar-refractivity contribution in [2.75, 3.05) is 52.0 Å². The second-order valence-corrected chi connectivity index (χ2v) is 5.78. The van der Waals surface area contributed by atoms with Crippen LogP contribution in [0.4, 0.5) is 10.1 Å². The maximum absolute atomic E-state index is 14.2. The van der Waals surface area contributed by atoms with E-state index in [2.05, 4.69) is 19.2 Å². The Balaban J connectivity index is 2.78. The van der Waals surface area contributed by atoms with Crippen molar-refractivity contribution in [1.82, 2.24) is 5.32 Å². The van der Waals surface area contributed by atoms with Gasteiger partial charge in [-0.2, -0.15) is 0 Å². The topological polar surface area (TPSA) is 33.7 Å². The minimum Gasteiger partial charge on any atom is -0.383 e. The molecule has 4 nitrogen and oxygen atoms in total. The molecule has 0 spiro atoms. The number of nitrogens with zero attached hydrogens (tertiary/aromatic N) is 1. The van der Waals surface area contributed by atoms with Crippen molar-refractivity contribution in [1.29, 1.82) is 0 Å². The number of rotatable bonds is 11. The number of nitrogens with one attached hydrogen (secondary N) is 1. The highest BCUT2D eigenvalue weighted by atomic mass is 19.1. The van der Waals surface area contributed by atoms with Crippen LogP contribution in [0.25, 0.3) is 0 Å². The van der Waals surface area contributed by atoms with Gasteiger partial charge >= 0.3 is 0 Å². The summed E-state index contributed by atoms with van der Waals surface area (Å²) in [6.45, 7) is 8.41. The highest BCUT2D eigenvalue weighted by Gasteiger charge is 2.12. The minimum atomic E-state index is -0.209. The molecule has 0 aromatic heterocycles. The first kappa shape index (κ1) is 18.9. The molecule has 0 bridgehead atoms. The Hall–Kier alpha value is -1.17. The molecule has 1 rings (SSSR count). The third-order valence-electron chi connectivity index (χ3n) is 3.36. The van der Waals surface area contributed by atoms with E-state index in [1.165, 1.54) is 6.07 Å². The second kappa shape index (κ2) is 10.5. The van der Waals surface area contributed by atoms with Crippen molar-refractivity contribution in [2.24, 2.45) is 5.92 Å². The van der Waals surface area contributed by atoms with Crippen molar-refractivity contribution in [3.8, 4) is 0 Å². The van der Waals surface area contributed by atoms with Crippen LogP contribution in [-0.2, 0) is 16.0 Å². The average molecular weight is 312 g/mol. The van der Waals surface area contributed by atoms with E-state index in [1.807, 2.05) is 17.0 Å². The summed E-state index contributed by atoms with van der Waals surface area (Å²) in [6.07, 6.45) is 0. The molecule has 5 heteroatoms. The van der Waals surface area contributed by atoms with Crippen molar-refractivity contribution in [2.45, 2.75) is 20.4 Å². The Morgan fingerprint density at radius 2 is 1.77 bits per heavy atom. The van der Waals surface area contributed by atoms with Crippen LogP contribution in [-0.4, -0.2) is 47.1 Å². The van der Waals surface area contributed by atoms with Crippen LogP contribution in [0.15, 0.2) is 18.2 Å². The maximum Gasteiger partial charge on any atom is 0.146 e. The first-order valence-corrected chi connectivity index (χ1v) is 7.80. The van der Waals surface area contributed by atoms with Gasteiger partial charge in [0.2, 0.25) is 0 Å². The van der Waals surface area contributed by atoms with Crippen LogP contribution in [0.5, 0.6) is 0 Å². The molecule has 0 atom stereocenters. The molecule has 0 heterocycles. The predicted octanol–water partition coefficient (Wildman–Crippen LogP) is 2.67. The minimum absolute atomic E-state index is 0.209. The van der Waals surface area contributed by atoms with Gasteiger partial charge < -0.3 is 19.7 Å². The molecule has 1 aromatic rings. The molecule has 0 saturated carbocycles. The fourth-order valence-electron chi connectivity index (χ4n) is 2.17. The molecule has 0 aliphatic heterocycles. The molecule has 0 fully saturated rings. The summed E-state index contributed by atoms with van der Waals surface area (Å²) >= 11 is 0. The van der Waals surface area contributed by atoms with E-state index in [9.17, 15) is 4.39 Å². The van der Waals surface area contributed by atoms with Gasteiger partial charge in [-0.05, 0) is 30.2 Å². The van der Waals surface area contributed by atoms with Gasteiger partial charge in [0.05, 0.1) is 18.9 Å². The predicted molar refractivity (Wildman–Crippen MR) is 88.9 cm³/mol. The number of methoxy groups -OCH3 is 2. The van der Waals surface area contributed by atoms with Gasteiger partial charge in [-0.1, -0.05) is 19.9 Å². The van der Waals surface area contributed by atoms with Crippen LogP contribution in [0.2, 0.25) is 0 Å². The van der Waals surface area contributed by atoms with Gasteiger partial charge in [0, 0.05) is 33.9 Å². The lowest BCUT2D eigenvalue weighted by Gasteiger charge is -2.25. The van der Waals surface area contributed by atoms with Gasteiger partial charge in [-0.25, -0.2) is 4.39 Å². The summed E-state index contributed by atoms with van der Waals surface area (Å²) < 4.78 is 24.4. The molecule has 0 radical (unpaired) electrons. The van der Waals surface area contributed by atoms with E-state index in [4.69, 9.17) is 9.47 Å². The van der Waals surface area contributed by atoms with Gasteiger partial charge in [0.1, 0.15) is 5.82 Å². The Bertz CT molecular complexity index is 419. The largest absolute Gasteiger partial charge is 0.383 e. The molecular weight excluding hydrogens is 283 g/mol. The van der Waals surface area contributed by atoms with Gasteiger partial charge in [-0.15, -0.1) is 0 Å². The Morgan fingerprint density at radius 1 is 1.14 bits per heavy atom. The van der Waals surface area contributed by atoms with Gasteiger partial charge in [-0.3, -0.25) is 0 Å². The molecule has 126 valence electrons. The number of benzene rings is 1. The molecule has 22 heavy (non-hydrogen) atoms. The third-order valence-corrected chi connectivity index (χ3v) is 3.36. The number of hydrogen-bond donors (Lipinski definition) is 1. The average Bonchev–Trinajstić information content (AvgIpc) is 2.49. The molecular formula is C17H29FN2O2. The lowest BCUT2D eigenvalue weighted by atomic mass is 10.1. The molecule has 0 saturated heterocycles. The number of anilines is 1. The van der Waals surface area contributed by atoms with E-state index in [0.717, 1.165) is 18.7 Å². The molecule has 0 unspecified atom stereocenters. The summed E-state index contributed by atoms with van der Waals surface area (Å²) in [5, 5.41) is 3.38. The Morgan fingerprint density at radius 3 is 2.32 bits per heavy atom. The SMILES string of the molecule is COCCN(CCOC)c1cc(CNCC(C)C)ccc1F. The normalized spacial score (nSPS) is 11.2. The van der Waals surface area contributed by atoms with E-state index < -0.39 is 0 Å². The number of halogens is 1. The highest BCUT2D eigenvalue weighted by molar-refractivity contribution is 5.50. The van der Waals surface area contributed by atoms with E-state index >= 15 is 0 Å². The smallest absolute Gasteiger partial charge is 0.146 e. The molecule has 0 aliphatic rings. The van der Waals surface area contributed by atoms with Gasteiger partial charge in [0.25, 0.3) is 0 Å². The van der Waals surface area contributed by atoms with Crippen LogP contribution >= 0.6 is 0 Å². The number of ether oxygens (including phenoxy) is 2. The van der Waals surface area contributed by atoms with Crippen molar-refractivity contribution < 1.29 is 13.9 Å². The fourth-order valence-corrected chi connectivity index (χ4v) is 2.17. The third kappa shape index (κ3) is 6.73. The molecule has 0 amide bonds. The Labute approximate surface area is 133 Å². The van der Waals surface area contributed by atoms with E-state index in [0.29, 0.717) is 37.9 Å². The monoisotopic (exact) mass is 312 g/mol. The van der Waals surface area contributed by atoms with E-state index in [-0.39, 0.29) is 5.82 Å². The second-order valence-electron chi connectivity index (χ2n) is 5.78. The van der Waals surface area contributed by atoms with Crippen LogP contribution in [0.3, 0.4) is 0 Å². The van der Waals surface area contributed by atoms with Crippen molar-refractivity contribution >= 4 is 5.69 Å². The summed E-state index contributed by atoms with van der Waals surface area (Å²) in [6, 6.07) is 5.28.